The van der Waals surface area contributed by atoms with Gasteiger partial charge in [0.1, 0.15) is 47.7 Å². The first kappa shape index (κ1) is 29.5. The fraction of sp³-hybridized carbons (Fsp3) is 0.500. The zero-order valence-corrected chi connectivity index (χ0v) is 18.2. The number of carbonyl (C=O) groups is 2. The predicted octanol–water partition coefficient (Wildman–Crippen LogP) is -1.06. The lowest BCUT2D eigenvalue weighted by Gasteiger charge is -2.17. The first-order chi connectivity index (χ1) is 16.0. The number of fused-ring (bicyclic) bond motifs is 1. The van der Waals surface area contributed by atoms with Crippen LogP contribution in [0.5, 0.6) is 0 Å². The van der Waals surface area contributed by atoms with Crippen molar-refractivity contribution in [1.29, 1.82) is 5.26 Å². The Hall–Kier alpha value is -3.56. The first-order valence-electron chi connectivity index (χ1n) is 9.43. The van der Waals surface area contributed by atoms with Gasteiger partial charge in [-0.05, 0) is 13.8 Å². The molecule has 0 bridgehead atoms. The van der Waals surface area contributed by atoms with E-state index >= 15 is 0 Å². The van der Waals surface area contributed by atoms with E-state index in [1.807, 2.05) is 6.07 Å². The van der Waals surface area contributed by atoms with Crippen LogP contribution in [0.4, 0.5) is 19.0 Å². The average molecular weight is 508 g/mol. The molecule has 2 aromatic heterocycles. The molecule has 2 aromatic rings. The standard InChI is InChI=1S/C12H13N5O4.C4H9NO2.C2HF3O2/c13-1-5-2-17(11-7(5)10(14)15-4-16-11)12-9(20)8(19)6(3-18)21-12;1-4(2,5)3(6)7;3-2(4,5)1(6)7/h2,4,6,8-9,12,18-20H,3H2,(H2,14,15,16);5H2,1-2H3,(H,6,7);(H,6,7)/t6-,8-,9-,12-;;/m1../s1. The second-order valence-corrected chi connectivity index (χ2v) is 7.58. The van der Waals surface area contributed by atoms with Gasteiger partial charge in [0.2, 0.25) is 0 Å². The van der Waals surface area contributed by atoms with E-state index in [2.05, 4.69) is 9.97 Å². The SMILES string of the molecule is CC(C)(N)C(=O)O.N#Cc1cn([C@@H]2O[C@H](CO)[C@@H](O)[C@H]2O)c2ncnc(N)c12.O=C(O)C(F)(F)F. The molecular formula is C18H23F3N6O8. The Morgan fingerprint density at radius 1 is 1.20 bits per heavy atom. The summed E-state index contributed by atoms with van der Waals surface area (Å²) in [5.74, 6) is -3.60. The third-order valence-corrected chi connectivity index (χ3v) is 4.34. The van der Waals surface area contributed by atoms with Gasteiger partial charge in [-0.1, -0.05) is 0 Å². The van der Waals surface area contributed by atoms with Crippen LogP contribution in [0.1, 0.15) is 25.6 Å². The number of rotatable bonds is 3. The Morgan fingerprint density at radius 2 is 1.71 bits per heavy atom. The number of anilines is 1. The zero-order valence-electron chi connectivity index (χ0n) is 18.2. The molecule has 0 radical (unpaired) electrons. The number of nitriles is 1. The molecule has 0 amide bonds. The number of aliphatic carboxylic acids is 2. The van der Waals surface area contributed by atoms with Crippen LogP contribution in [-0.2, 0) is 14.3 Å². The fourth-order valence-corrected chi connectivity index (χ4v) is 2.50. The lowest BCUT2D eigenvalue weighted by Crippen LogP contribution is -2.41. The van der Waals surface area contributed by atoms with Gasteiger partial charge in [-0.15, -0.1) is 0 Å². The minimum Gasteiger partial charge on any atom is -0.480 e. The number of aromatic nitrogens is 3. The Bertz CT molecular complexity index is 1070. The van der Waals surface area contributed by atoms with Crippen molar-refractivity contribution in [3.05, 3.63) is 18.1 Å². The summed E-state index contributed by atoms with van der Waals surface area (Å²) >= 11 is 0. The lowest BCUT2D eigenvalue weighted by atomic mass is 10.1. The summed E-state index contributed by atoms with van der Waals surface area (Å²) in [7, 11) is 0. The highest BCUT2D eigenvalue weighted by Gasteiger charge is 2.44. The van der Waals surface area contributed by atoms with Crippen molar-refractivity contribution >= 4 is 28.8 Å². The van der Waals surface area contributed by atoms with Crippen LogP contribution in [0.3, 0.4) is 0 Å². The molecule has 1 aliphatic heterocycles. The molecule has 0 aliphatic carbocycles. The van der Waals surface area contributed by atoms with Gasteiger partial charge in [0.25, 0.3) is 0 Å². The molecule has 1 fully saturated rings. The number of alkyl halides is 3. The third-order valence-electron chi connectivity index (χ3n) is 4.34. The maximum absolute atomic E-state index is 10.6. The second kappa shape index (κ2) is 11.2. The summed E-state index contributed by atoms with van der Waals surface area (Å²) < 4.78 is 38.6. The van der Waals surface area contributed by atoms with Gasteiger partial charge >= 0.3 is 18.1 Å². The van der Waals surface area contributed by atoms with Crippen LogP contribution in [-0.4, -0.2) is 88.6 Å². The molecule has 0 unspecified atom stereocenters. The number of hydrogen-bond donors (Lipinski definition) is 7. The lowest BCUT2D eigenvalue weighted by molar-refractivity contribution is -0.192. The quantitative estimate of drug-likeness (QED) is 0.261. The summed E-state index contributed by atoms with van der Waals surface area (Å²) in [4.78, 5) is 26.7. The van der Waals surface area contributed by atoms with E-state index in [9.17, 15) is 28.2 Å². The number of nitrogen functional groups attached to an aromatic ring is 1. The molecule has 0 saturated carbocycles. The summed E-state index contributed by atoms with van der Waals surface area (Å²) in [5.41, 5.74) is 10.3. The van der Waals surface area contributed by atoms with Crippen LogP contribution < -0.4 is 11.5 Å². The van der Waals surface area contributed by atoms with E-state index in [0.717, 1.165) is 0 Å². The van der Waals surface area contributed by atoms with Crippen LogP contribution in [0, 0.1) is 11.3 Å². The molecule has 194 valence electrons. The molecule has 9 N–H and O–H groups in total. The number of nitrogens with zero attached hydrogens (tertiary/aromatic N) is 4. The molecular weight excluding hydrogens is 485 g/mol. The Kier molecular flexibility index (Phi) is 9.47. The largest absolute Gasteiger partial charge is 0.490 e. The topological polar surface area (TPSA) is 251 Å². The van der Waals surface area contributed by atoms with Gasteiger partial charge in [-0.2, -0.15) is 18.4 Å². The molecule has 4 atom stereocenters. The number of halogens is 3. The van der Waals surface area contributed by atoms with E-state index < -0.39 is 54.8 Å². The van der Waals surface area contributed by atoms with Gasteiger partial charge in [0.15, 0.2) is 6.23 Å². The highest BCUT2D eigenvalue weighted by molar-refractivity contribution is 5.92. The minimum atomic E-state index is -5.08. The summed E-state index contributed by atoms with van der Waals surface area (Å²) in [6.45, 7) is 2.45. The Labute approximate surface area is 194 Å². The van der Waals surface area contributed by atoms with Gasteiger partial charge in [0, 0.05) is 6.20 Å². The van der Waals surface area contributed by atoms with Crippen molar-refractivity contribution in [2.45, 2.75) is 50.1 Å². The fourth-order valence-electron chi connectivity index (χ4n) is 2.50. The number of ether oxygens (including phenoxy) is 1. The maximum Gasteiger partial charge on any atom is 0.490 e. The van der Waals surface area contributed by atoms with Crippen LogP contribution >= 0.6 is 0 Å². The van der Waals surface area contributed by atoms with Gasteiger partial charge in [-0.3, -0.25) is 4.79 Å². The zero-order chi connectivity index (χ0) is 27.3. The van der Waals surface area contributed by atoms with Gasteiger partial charge in [0.05, 0.1) is 17.6 Å². The highest BCUT2D eigenvalue weighted by atomic mass is 19.4. The molecule has 14 nitrogen and oxygen atoms in total. The number of nitrogens with two attached hydrogens (primary N) is 2. The van der Waals surface area contributed by atoms with Crippen LogP contribution in [0.15, 0.2) is 12.5 Å². The number of carboxylic acids is 2. The predicted molar refractivity (Wildman–Crippen MR) is 109 cm³/mol. The van der Waals surface area contributed by atoms with E-state index in [1.54, 1.807) is 0 Å². The van der Waals surface area contributed by atoms with E-state index in [-0.39, 0.29) is 11.4 Å². The highest BCUT2D eigenvalue weighted by Crippen LogP contribution is 2.34. The normalized spacial score (nSPS) is 21.8. The summed E-state index contributed by atoms with van der Waals surface area (Å²) in [6, 6.07) is 1.98. The smallest absolute Gasteiger partial charge is 0.480 e. The van der Waals surface area contributed by atoms with Gasteiger partial charge in [-0.25, -0.2) is 14.8 Å². The van der Waals surface area contributed by atoms with Crippen LogP contribution in [0.25, 0.3) is 11.0 Å². The average Bonchev–Trinajstić information content (AvgIpc) is 3.26. The second-order valence-electron chi connectivity index (χ2n) is 7.58. The number of hydrogen-bond acceptors (Lipinski definition) is 11. The Balaban J connectivity index is 0.000000362. The van der Waals surface area contributed by atoms with E-state index in [0.29, 0.717) is 11.0 Å². The molecule has 3 heterocycles. The molecule has 1 aliphatic rings. The van der Waals surface area contributed by atoms with Crippen molar-refractivity contribution in [2.75, 3.05) is 12.3 Å². The van der Waals surface area contributed by atoms with E-state index in [1.165, 1.54) is 30.9 Å². The number of carboxylic acid groups (broad SMARTS) is 2. The van der Waals surface area contributed by atoms with Crippen molar-refractivity contribution < 1.29 is 53.0 Å². The minimum absolute atomic E-state index is 0.141. The molecule has 0 aromatic carbocycles. The summed E-state index contributed by atoms with van der Waals surface area (Å²) in [5, 5.41) is 53.8. The maximum atomic E-state index is 10.6. The monoisotopic (exact) mass is 508 g/mol. The van der Waals surface area contributed by atoms with Crippen molar-refractivity contribution in [3.63, 3.8) is 0 Å². The van der Waals surface area contributed by atoms with Crippen molar-refractivity contribution in [2.24, 2.45) is 5.73 Å². The molecule has 35 heavy (non-hydrogen) atoms. The number of aliphatic hydroxyl groups is 3. The molecule has 0 spiro atoms. The van der Waals surface area contributed by atoms with Crippen LogP contribution in [0.2, 0.25) is 0 Å². The van der Waals surface area contributed by atoms with Crippen molar-refractivity contribution in [1.82, 2.24) is 14.5 Å². The Morgan fingerprint density at radius 3 is 2.09 bits per heavy atom. The first-order valence-corrected chi connectivity index (χ1v) is 9.43. The number of aliphatic hydroxyl groups excluding tert-OH is 3. The molecule has 3 rings (SSSR count). The van der Waals surface area contributed by atoms with Gasteiger partial charge < -0.3 is 46.3 Å². The molecule has 17 heteroatoms. The van der Waals surface area contributed by atoms with E-state index in [4.69, 9.17) is 41.6 Å². The summed E-state index contributed by atoms with van der Waals surface area (Å²) in [6.07, 6.45) is -6.81. The third kappa shape index (κ3) is 7.21. The van der Waals surface area contributed by atoms with Crippen molar-refractivity contribution in [3.8, 4) is 6.07 Å². The molecule has 1 saturated heterocycles.